The van der Waals surface area contributed by atoms with Gasteiger partial charge in [0.05, 0.1) is 6.61 Å². The molecule has 3 nitrogen and oxygen atoms in total. The standard InChI is InChI=1S/C15H24BrNO2/c1-3-17(11-7-10-16)12-13-19-15-9-6-5-8-14(15)18-4-2/h5-6,8-9H,3-4,7,10-13H2,1-2H3. The fraction of sp³-hybridized carbons (Fsp3) is 0.600. The minimum absolute atomic E-state index is 0.659. The van der Waals surface area contributed by atoms with Gasteiger partial charge in [-0.3, -0.25) is 0 Å². The third-order valence-corrected chi connectivity index (χ3v) is 3.43. The van der Waals surface area contributed by atoms with Crippen molar-refractivity contribution in [2.75, 3.05) is 38.2 Å². The van der Waals surface area contributed by atoms with Gasteiger partial charge in [-0.1, -0.05) is 35.0 Å². The molecular weight excluding hydrogens is 306 g/mol. The average molecular weight is 330 g/mol. The Kier molecular flexibility index (Phi) is 8.67. The van der Waals surface area contributed by atoms with Crippen molar-refractivity contribution < 1.29 is 9.47 Å². The second kappa shape index (κ2) is 10.1. The molecule has 0 bridgehead atoms. The topological polar surface area (TPSA) is 21.7 Å². The van der Waals surface area contributed by atoms with Crippen LogP contribution in [0.2, 0.25) is 0 Å². The molecule has 0 atom stereocenters. The summed E-state index contributed by atoms with van der Waals surface area (Å²) >= 11 is 3.46. The van der Waals surface area contributed by atoms with Gasteiger partial charge in [0.25, 0.3) is 0 Å². The van der Waals surface area contributed by atoms with Crippen molar-refractivity contribution in [3.05, 3.63) is 24.3 Å². The Bertz CT molecular complexity index is 347. The van der Waals surface area contributed by atoms with Crippen molar-refractivity contribution in [1.29, 1.82) is 0 Å². The number of benzene rings is 1. The molecule has 0 aliphatic heterocycles. The molecule has 0 saturated carbocycles. The first-order valence-corrected chi connectivity index (χ1v) is 8.06. The van der Waals surface area contributed by atoms with Gasteiger partial charge in [-0.15, -0.1) is 0 Å². The van der Waals surface area contributed by atoms with E-state index in [0.29, 0.717) is 13.2 Å². The summed E-state index contributed by atoms with van der Waals surface area (Å²) in [5, 5.41) is 1.05. The molecule has 19 heavy (non-hydrogen) atoms. The van der Waals surface area contributed by atoms with E-state index in [1.165, 1.54) is 6.42 Å². The van der Waals surface area contributed by atoms with E-state index in [2.05, 4.69) is 27.8 Å². The quantitative estimate of drug-likeness (QED) is 0.612. The van der Waals surface area contributed by atoms with E-state index in [9.17, 15) is 0 Å². The van der Waals surface area contributed by atoms with Gasteiger partial charge in [-0.05, 0) is 38.6 Å². The molecule has 1 rings (SSSR count). The number of hydrogen-bond donors (Lipinski definition) is 0. The van der Waals surface area contributed by atoms with Gasteiger partial charge in [0.1, 0.15) is 6.61 Å². The highest BCUT2D eigenvalue weighted by Gasteiger charge is 2.05. The third-order valence-electron chi connectivity index (χ3n) is 2.87. The van der Waals surface area contributed by atoms with Crippen LogP contribution in [0.25, 0.3) is 0 Å². The zero-order valence-electron chi connectivity index (χ0n) is 11.9. The molecule has 108 valence electrons. The second-order valence-electron chi connectivity index (χ2n) is 4.21. The van der Waals surface area contributed by atoms with E-state index in [-0.39, 0.29) is 0 Å². The third kappa shape index (κ3) is 6.30. The number of para-hydroxylation sites is 2. The first-order valence-electron chi connectivity index (χ1n) is 6.94. The number of likely N-dealkylation sites (N-methyl/N-ethyl adjacent to an activating group) is 1. The maximum absolute atomic E-state index is 5.82. The Morgan fingerprint density at radius 3 is 2.32 bits per heavy atom. The largest absolute Gasteiger partial charge is 0.490 e. The fourth-order valence-electron chi connectivity index (χ4n) is 1.84. The van der Waals surface area contributed by atoms with Gasteiger partial charge in [-0.25, -0.2) is 0 Å². The van der Waals surface area contributed by atoms with E-state index in [1.54, 1.807) is 0 Å². The predicted octanol–water partition coefficient (Wildman–Crippen LogP) is 3.57. The molecule has 0 aliphatic carbocycles. The molecule has 0 amide bonds. The predicted molar refractivity (Wildman–Crippen MR) is 83.6 cm³/mol. The highest BCUT2D eigenvalue weighted by molar-refractivity contribution is 9.09. The summed E-state index contributed by atoms with van der Waals surface area (Å²) in [7, 11) is 0. The van der Waals surface area contributed by atoms with E-state index in [4.69, 9.17) is 9.47 Å². The zero-order chi connectivity index (χ0) is 13.9. The molecule has 4 heteroatoms. The van der Waals surface area contributed by atoms with Crippen LogP contribution < -0.4 is 9.47 Å². The van der Waals surface area contributed by atoms with Gasteiger partial charge < -0.3 is 14.4 Å². The van der Waals surface area contributed by atoms with Gasteiger partial charge >= 0.3 is 0 Å². The van der Waals surface area contributed by atoms with Crippen molar-refractivity contribution in [1.82, 2.24) is 4.90 Å². The summed E-state index contributed by atoms with van der Waals surface area (Å²) in [6, 6.07) is 7.84. The first kappa shape index (κ1) is 16.3. The molecule has 0 heterocycles. The Balaban J connectivity index is 2.39. The molecule has 0 aromatic heterocycles. The summed E-state index contributed by atoms with van der Waals surface area (Å²) in [4.78, 5) is 2.39. The molecule has 0 radical (unpaired) electrons. The smallest absolute Gasteiger partial charge is 0.161 e. The SMILES string of the molecule is CCOc1ccccc1OCCN(CC)CCCBr. The average Bonchev–Trinajstić information content (AvgIpc) is 2.44. The van der Waals surface area contributed by atoms with Crippen molar-refractivity contribution in [3.8, 4) is 11.5 Å². The van der Waals surface area contributed by atoms with E-state index >= 15 is 0 Å². The molecular formula is C15H24BrNO2. The number of rotatable bonds is 10. The van der Waals surface area contributed by atoms with Gasteiger partial charge in [0.15, 0.2) is 11.5 Å². The lowest BCUT2D eigenvalue weighted by molar-refractivity contribution is 0.209. The van der Waals surface area contributed by atoms with Crippen LogP contribution in [0, 0.1) is 0 Å². The summed E-state index contributed by atoms with van der Waals surface area (Å²) in [5.41, 5.74) is 0. The molecule has 0 saturated heterocycles. The summed E-state index contributed by atoms with van der Waals surface area (Å²) < 4.78 is 11.4. The Morgan fingerprint density at radius 2 is 1.74 bits per heavy atom. The fourth-order valence-corrected chi connectivity index (χ4v) is 2.09. The van der Waals surface area contributed by atoms with Crippen LogP contribution in [0.1, 0.15) is 20.3 Å². The summed E-state index contributed by atoms with van der Waals surface area (Å²) in [6.45, 7) is 8.64. The molecule has 1 aromatic carbocycles. The number of halogens is 1. The summed E-state index contributed by atoms with van der Waals surface area (Å²) in [6.07, 6.45) is 1.17. The number of ether oxygens (including phenoxy) is 2. The monoisotopic (exact) mass is 329 g/mol. The van der Waals surface area contributed by atoms with Crippen LogP contribution in [0.5, 0.6) is 11.5 Å². The lowest BCUT2D eigenvalue weighted by Gasteiger charge is -2.20. The molecule has 0 aliphatic rings. The van der Waals surface area contributed by atoms with Crippen LogP contribution in [-0.2, 0) is 0 Å². The maximum atomic E-state index is 5.82. The minimum Gasteiger partial charge on any atom is -0.490 e. The van der Waals surface area contributed by atoms with Gasteiger partial charge in [-0.2, -0.15) is 0 Å². The number of hydrogen-bond acceptors (Lipinski definition) is 3. The molecule has 0 N–H and O–H groups in total. The van der Waals surface area contributed by atoms with Crippen LogP contribution in [0.15, 0.2) is 24.3 Å². The zero-order valence-corrected chi connectivity index (χ0v) is 13.5. The minimum atomic E-state index is 0.659. The van der Waals surface area contributed by atoms with E-state index in [1.807, 2.05) is 31.2 Å². The van der Waals surface area contributed by atoms with Crippen molar-refractivity contribution in [2.24, 2.45) is 0 Å². The van der Waals surface area contributed by atoms with Crippen LogP contribution in [-0.4, -0.2) is 43.1 Å². The van der Waals surface area contributed by atoms with Gasteiger partial charge in [0, 0.05) is 11.9 Å². The van der Waals surface area contributed by atoms with Crippen molar-refractivity contribution in [2.45, 2.75) is 20.3 Å². The molecule has 0 spiro atoms. The highest BCUT2D eigenvalue weighted by atomic mass is 79.9. The molecule has 0 fully saturated rings. The molecule has 0 unspecified atom stereocenters. The normalized spacial score (nSPS) is 10.7. The highest BCUT2D eigenvalue weighted by Crippen LogP contribution is 2.26. The van der Waals surface area contributed by atoms with Crippen molar-refractivity contribution in [3.63, 3.8) is 0 Å². The Morgan fingerprint density at radius 1 is 1.05 bits per heavy atom. The first-order chi connectivity index (χ1) is 9.31. The van der Waals surface area contributed by atoms with E-state index < -0.39 is 0 Å². The Labute approximate surface area is 125 Å². The lowest BCUT2D eigenvalue weighted by atomic mass is 10.3. The second-order valence-corrected chi connectivity index (χ2v) is 5.00. The van der Waals surface area contributed by atoms with Crippen LogP contribution in [0.4, 0.5) is 0 Å². The lowest BCUT2D eigenvalue weighted by Crippen LogP contribution is -2.29. The number of alkyl halides is 1. The summed E-state index contributed by atoms with van der Waals surface area (Å²) in [5.74, 6) is 1.66. The number of nitrogens with zero attached hydrogens (tertiary/aromatic N) is 1. The van der Waals surface area contributed by atoms with Crippen LogP contribution in [0.3, 0.4) is 0 Å². The maximum Gasteiger partial charge on any atom is 0.161 e. The van der Waals surface area contributed by atoms with E-state index in [0.717, 1.165) is 36.5 Å². The van der Waals surface area contributed by atoms with Gasteiger partial charge in [0.2, 0.25) is 0 Å². The Hall–Kier alpha value is -0.740. The van der Waals surface area contributed by atoms with Crippen LogP contribution >= 0.6 is 15.9 Å². The molecule has 1 aromatic rings. The van der Waals surface area contributed by atoms with Crippen molar-refractivity contribution >= 4 is 15.9 Å².